The zero-order valence-corrected chi connectivity index (χ0v) is 12.8. The Morgan fingerprint density at radius 3 is 2.70 bits per heavy atom. The molecule has 0 unspecified atom stereocenters. The van der Waals surface area contributed by atoms with Crippen LogP contribution in [0.4, 0.5) is 0 Å². The van der Waals surface area contributed by atoms with Gasteiger partial charge < -0.3 is 0 Å². The van der Waals surface area contributed by atoms with Gasteiger partial charge in [0, 0.05) is 37.8 Å². The summed E-state index contributed by atoms with van der Waals surface area (Å²) in [6.45, 7) is 6.90. The molecule has 2 aromatic rings. The topological polar surface area (TPSA) is 29.0 Å². The van der Waals surface area contributed by atoms with Crippen molar-refractivity contribution in [3.63, 3.8) is 0 Å². The molecule has 0 saturated carbocycles. The smallest absolute Gasteiger partial charge is 0.222 e. The summed E-state index contributed by atoms with van der Waals surface area (Å²) in [7, 11) is 0. The molecule has 0 atom stereocenters. The van der Waals surface area contributed by atoms with Crippen molar-refractivity contribution in [3.8, 4) is 0 Å². The Balaban J connectivity index is 0.000000704. The van der Waals surface area contributed by atoms with E-state index in [0.717, 1.165) is 31.7 Å². The molecule has 3 nitrogen and oxygen atoms in total. The molecule has 0 amide bonds. The van der Waals surface area contributed by atoms with Gasteiger partial charge >= 0.3 is 0 Å². The van der Waals surface area contributed by atoms with E-state index in [-0.39, 0.29) is 0 Å². The molecule has 0 fully saturated rings. The Kier molecular flexibility index (Phi) is 5.50. The number of hydrogen-bond acceptors (Lipinski definition) is 3. The molecular weight excluding hydrogens is 270 g/mol. The molecule has 0 bridgehead atoms. The van der Waals surface area contributed by atoms with Gasteiger partial charge in [-0.3, -0.25) is 4.90 Å². The van der Waals surface area contributed by atoms with Crippen molar-refractivity contribution in [2.45, 2.75) is 33.4 Å². The lowest BCUT2D eigenvalue weighted by Gasteiger charge is -2.27. The zero-order valence-electron chi connectivity index (χ0n) is 12.0. The minimum absolute atomic E-state index is 0.352. The molecule has 1 aromatic heterocycles. The van der Waals surface area contributed by atoms with Crippen LogP contribution in [0.1, 0.15) is 30.7 Å². The van der Waals surface area contributed by atoms with Crippen molar-refractivity contribution in [1.29, 1.82) is 0 Å². The van der Waals surface area contributed by atoms with Gasteiger partial charge in [-0.2, -0.15) is 0 Å². The molecule has 1 aromatic carbocycles. The first kappa shape index (κ1) is 14.9. The lowest BCUT2D eigenvalue weighted by Crippen LogP contribution is -2.30. The molecule has 106 valence electrons. The standard InChI is InChI=1S/C14H14ClN3.C2H6/c15-14-16-8-12-10-18(7-6-13(12)17-14)9-11-4-2-1-3-5-11;1-2/h1-5,8H,6-7,9-10H2;1-2H3. The predicted molar refractivity (Wildman–Crippen MR) is 82.7 cm³/mol. The van der Waals surface area contributed by atoms with Crippen molar-refractivity contribution in [3.05, 3.63) is 58.6 Å². The van der Waals surface area contributed by atoms with E-state index < -0.39 is 0 Å². The summed E-state index contributed by atoms with van der Waals surface area (Å²) < 4.78 is 0. The maximum Gasteiger partial charge on any atom is 0.222 e. The first-order valence-electron chi connectivity index (χ1n) is 7.08. The van der Waals surface area contributed by atoms with Gasteiger partial charge in [-0.05, 0) is 17.2 Å². The number of fused-ring (bicyclic) bond motifs is 1. The first-order valence-corrected chi connectivity index (χ1v) is 7.45. The van der Waals surface area contributed by atoms with E-state index >= 15 is 0 Å². The van der Waals surface area contributed by atoms with Crippen molar-refractivity contribution >= 4 is 11.6 Å². The maximum atomic E-state index is 5.81. The molecule has 0 radical (unpaired) electrons. The van der Waals surface area contributed by atoms with Crippen LogP contribution in [0.3, 0.4) is 0 Å². The van der Waals surface area contributed by atoms with Crippen LogP contribution in [0.25, 0.3) is 0 Å². The highest BCUT2D eigenvalue weighted by Crippen LogP contribution is 2.19. The Morgan fingerprint density at radius 1 is 1.20 bits per heavy atom. The second-order valence-corrected chi connectivity index (χ2v) is 4.90. The molecule has 0 aliphatic carbocycles. The molecule has 0 spiro atoms. The van der Waals surface area contributed by atoms with E-state index in [0.29, 0.717) is 5.28 Å². The maximum absolute atomic E-state index is 5.81. The van der Waals surface area contributed by atoms with Crippen LogP contribution in [-0.4, -0.2) is 21.4 Å². The van der Waals surface area contributed by atoms with Crippen LogP contribution in [0, 0.1) is 0 Å². The molecule has 0 saturated heterocycles. The molecule has 1 aliphatic rings. The van der Waals surface area contributed by atoms with E-state index in [9.17, 15) is 0 Å². The summed E-state index contributed by atoms with van der Waals surface area (Å²) >= 11 is 5.81. The number of benzene rings is 1. The fourth-order valence-electron chi connectivity index (χ4n) is 2.33. The van der Waals surface area contributed by atoms with Crippen LogP contribution >= 0.6 is 11.6 Å². The average Bonchev–Trinajstić information content (AvgIpc) is 2.50. The highest BCUT2D eigenvalue weighted by Gasteiger charge is 2.18. The minimum Gasteiger partial charge on any atom is -0.294 e. The monoisotopic (exact) mass is 289 g/mol. The molecular formula is C16H20ClN3. The largest absolute Gasteiger partial charge is 0.294 e. The van der Waals surface area contributed by atoms with Gasteiger partial charge in [0.1, 0.15) is 0 Å². The lowest BCUT2D eigenvalue weighted by molar-refractivity contribution is 0.243. The summed E-state index contributed by atoms with van der Waals surface area (Å²) in [5.74, 6) is 0. The van der Waals surface area contributed by atoms with Crippen LogP contribution in [-0.2, 0) is 19.5 Å². The number of aromatic nitrogens is 2. The third-order valence-corrected chi connectivity index (χ3v) is 3.41. The SMILES string of the molecule is CC.Clc1ncc2c(n1)CCN(Cc1ccccc1)C2. The summed E-state index contributed by atoms with van der Waals surface area (Å²) in [4.78, 5) is 10.8. The average molecular weight is 290 g/mol. The van der Waals surface area contributed by atoms with Crippen molar-refractivity contribution in [2.24, 2.45) is 0 Å². The van der Waals surface area contributed by atoms with Crippen LogP contribution < -0.4 is 0 Å². The number of halogens is 1. The summed E-state index contributed by atoms with van der Waals surface area (Å²) in [5.41, 5.74) is 3.64. The molecule has 0 N–H and O–H groups in total. The molecule has 2 heterocycles. The quantitative estimate of drug-likeness (QED) is 0.789. The molecule has 1 aliphatic heterocycles. The molecule has 20 heavy (non-hydrogen) atoms. The Bertz CT molecular complexity index is 543. The Labute approximate surface area is 125 Å². The summed E-state index contributed by atoms with van der Waals surface area (Å²) in [6, 6.07) is 10.5. The van der Waals surface area contributed by atoms with E-state index in [1.165, 1.54) is 11.1 Å². The highest BCUT2D eigenvalue weighted by molar-refractivity contribution is 6.28. The van der Waals surface area contributed by atoms with E-state index in [1.807, 2.05) is 26.1 Å². The van der Waals surface area contributed by atoms with Crippen LogP contribution in [0.15, 0.2) is 36.5 Å². The van der Waals surface area contributed by atoms with Gasteiger partial charge in [0.05, 0.1) is 5.69 Å². The second-order valence-electron chi connectivity index (χ2n) is 4.56. The van der Waals surface area contributed by atoms with Gasteiger partial charge in [0.15, 0.2) is 0 Å². The van der Waals surface area contributed by atoms with Crippen molar-refractivity contribution in [2.75, 3.05) is 6.54 Å². The number of hydrogen-bond donors (Lipinski definition) is 0. The van der Waals surface area contributed by atoms with Gasteiger partial charge in [-0.1, -0.05) is 44.2 Å². The fraction of sp³-hybridized carbons (Fsp3) is 0.375. The Morgan fingerprint density at radius 2 is 1.95 bits per heavy atom. The number of rotatable bonds is 2. The third kappa shape index (κ3) is 3.78. The molecule has 3 rings (SSSR count). The minimum atomic E-state index is 0.352. The lowest BCUT2D eigenvalue weighted by atomic mass is 10.1. The predicted octanol–water partition coefficient (Wildman–Crippen LogP) is 3.71. The van der Waals surface area contributed by atoms with E-state index in [1.54, 1.807) is 0 Å². The molecule has 4 heteroatoms. The van der Waals surface area contributed by atoms with E-state index in [2.05, 4.69) is 39.1 Å². The zero-order chi connectivity index (χ0) is 14.4. The van der Waals surface area contributed by atoms with Gasteiger partial charge in [0.2, 0.25) is 5.28 Å². The van der Waals surface area contributed by atoms with Crippen molar-refractivity contribution in [1.82, 2.24) is 14.9 Å². The van der Waals surface area contributed by atoms with Gasteiger partial charge in [-0.15, -0.1) is 0 Å². The second kappa shape index (κ2) is 7.36. The number of nitrogens with zero attached hydrogens (tertiary/aromatic N) is 3. The Hall–Kier alpha value is -1.45. The van der Waals surface area contributed by atoms with E-state index in [4.69, 9.17) is 11.6 Å². The first-order chi connectivity index (χ1) is 9.81. The van der Waals surface area contributed by atoms with Gasteiger partial charge in [0.25, 0.3) is 0 Å². The van der Waals surface area contributed by atoms with Crippen LogP contribution in [0.5, 0.6) is 0 Å². The third-order valence-electron chi connectivity index (χ3n) is 3.23. The van der Waals surface area contributed by atoms with Crippen LogP contribution in [0.2, 0.25) is 5.28 Å². The van der Waals surface area contributed by atoms with Crippen molar-refractivity contribution < 1.29 is 0 Å². The fourth-order valence-corrected chi connectivity index (χ4v) is 2.48. The highest BCUT2D eigenvalue weighted by atomic mass is 35.5. The van der Waals surface area contributed by atoms with Gasteiger partial charge in [-0.25, -0.2) is 9.97 Å². The normalized spacial score (nSPS) is 14.2. The summed E-state index contributed by atoms with van der Waals surface area (Å²) in [5, 5.41) is 0.352. The summed E-state index contributed by atoms with van der Waals surface area (Å²) in [6.07, 6.45) is 2.80.